The van der Waals surface area contributed by atoms with Crippen LogP contribution in [0.3, 0.4) is 0 Å². The molecule has 2 aromatic rings. The van der Waals surface area contributed by atoms with Gasteiger partial charge in [0.2, 0.25) is 0 Å². The lowest BCUT2D eigenvalue weighted by Gasteiger charge is -2.31. The first kappa shape index (κ1) is 15.6. The second kappa shape index (κ2) is 6.08. The molecule has 0 amide bonds. The third-order valence-electron chi connectivity index (χ3n) is 4.22. The second-order valence-electron chi connectivity index (χ2n) is 6.03. The summed E-state index contributed by atoms with van der Waals surface area (Å²) in [7, 11) is 0. The van der Waals surface area contributed by atoms with Crippen molar-refractivity contribution < 1.29 is 10.2 Å². The van der Waals surface area contributed by atoms with Crippen LogP contribution in [0.1, 0.15) is 22.3 Å². The van der Waals surface area contributed by atoms with Gasteiger partial charge in [0.25, 0.3) is 0 Å². The van der Waals surface area contributed by atoms with Crippen LogP contribution in [-0.4, -0.2) is 26.8 Å². The molecule has 23 heavy (non-hydrogen) atoms. The number of benzene rings is 2. The molecule has 3 rings (SSSR count). The Bertz CT molecular complexity index is 774. The van der Waals surface area contributed by atoms with E-state index in [1.807, 2.05) is 6.07 Å². The monoisotopic (exact) mass is 328 g/mol. The fraction of sp³-hybridized carbons (Fsp3) is 0.278. The molecule has 0 saturated carbocycles. The van der Waals surface area contributed by atoms with Crippen LogP contribution >= 0.6 is 12.2 Å². The highest BCUT2D eigenvalue weighted by Crippen LogP contribution is 2.31. The average Bonchev–Trinajstić information content (AvgIpc) is 2.50. The smallest absolute Gasteiger partial charge is 0.173 e. The number of thiocarbonyl (C=S) groups is 1. The van der Waals surface area contributed by atoms with E-state index in [0.717, 1.165) is 35.3 Å². The van der Waals surface area contributed by atoms with Crippen LogP contribution in [0.5, 0.6) is 11.5 Å². The summed E-state index contributed by atoms with van der Waals surface area (Å²) in [6, 6.07) is 9.49. The summed E-state index contributed by atoms with van der Waals surface area (Å²) in [5, 5.41) is 23.3. The van der Waals surface area contributed by atoms with Crippen molar-refractivity contribution in [2.24, 2.45) is 0 Å². The van der Waals surface area contributed by atoms with Crippen LogP contribution in [-0.2, 0) is 13.0 Å². The summed E-state index contributed by atoms with van der Waals surface area (Å²) in [4.78, 5) is 2.08. The predicted molar refractivity (Wildman–Crippen MR) is 96.0 cm³/mol. The maximum Gasteiger partial charge on any atom is 0.173 e. The first-order valence-corrected chi connectivity index (χ1v) is 8.02. The molecule has 0 aromatic heterocycles. The molecule has 120 valence electrons. The maximum absolute atomic E-state index is 9.68. The van der Waals surface area contributed by atoms with E-state index in [2.05, 4.69) is 36.2 Å². The van der Waals surface area contributed by atoms with E-state index in [0.29, 0.717) is 11.7 Å². The molecule has 1 heterocycles. The van der Waals surface area contributed by atoms with Crippen molar-refractivity contribution in [2.75, 3.05) is 11.9 Å². The summed E-state index contributed by atoms with van der Waals surface area (Å²) >= 11 is 5.54. The standard InChI is InChI=1S/C18H20N2O2S/c1-11-3-4-15(12(2)7-11)19-18(23)20-6-5-13-8-16(21)17(22)9-14(13)10-20/h3-4,7-9,21-22H,5-6,10H2,1-2H3,(H,19,23). The molecule has 3 N–H and O–H groups in total. The fourth-order valence-electron chi connectivity index (χ4n) is 2.90. The molecule has 5 heteroatoms. The SMILES string of the molecule is Cc1ccc(NC(=S)N2CCc3cc(O)c(O)cc3C2)c(C)c1. The number of phenols is 2. The van der Waals surface area contributed by atoms with Gasteiger partial charge in [0.1, 0.15) is 0 Å². The lowest BCUT2D eigenvalue weighted by atomic mass is 9.99. The molecule has 4 nitrogen and oxygen atoms in total. The Kier molecular flexibility index (Phi) is 4.13. The highest BCUT2D eigenvalue weighted by molar-refractivity contribution is 7.80. The number of aryl methyl sites for hydroxylation is 2. The number of nitrogens with zero attached hydrogens (tertiary/aromatic N) is 1. The van der Waals surface area contributed by atoms with Gasteiger partial charge in [-0.05, 0) is 67.4 Å². The van der Waals surface area contributed by atoms with Crippen LogP contribution in [0.4, 0.5) is 5.69 Å². The zero-order valence-electron chi connectivity index (χ0n) is 13.3. The van der Waals surface area contributed by atoms with Crippen LogP contribution in [0.25, 0.3) is 0 Å². The van der Waals surface area contributed by atoms with Crippen molar-refractivity contribution in [3.8, 4) is 11.5 Å². The van der Waals surface area contributed by atoms with Crippen LogP contribution < -0.4 is 5.32 Å². The van der Waals surface area contributed by atoms with E-state index in [9.17, 15) is 10.2 Å². The molecule has 0 unspecified atom stereocenters. The molecule has 1 aliphatic heterocycles. The topological polar surface area (TPSA) is 55.7 Å². The van der Waals surface area contributed by atoms with Crippen molar-refractivity contribution >= 4 is 23.0 Å². The summed E-state index contributed by atoms with van der Waals surface area (Å²) < 4.78 is 0. The Morgan fingerprint density at radius 2 is 1.78 bits per heavy atom. The first-order chi connectivity index (χ1) is 10.9. The van der Waals surface area contributed by atoms with Gasteiger partial charge in [0.15, 0.2) is 16.6 Å². The van der Waals surface area contributed by atoms with Gasteiger partial charge in [0, 0.05) is 18.8 Å². The highest BCUT2D eigenvalue weighted by Gasteiger charge is 2.20. The maximum atomic E-state index is 9.68. The van der Waals surface area contributed by atoms with E-state index >= 15 is 0 Å². The van der Waals surface area contributed by atoms with Crippen molar-refractivity contribution in [3.05, 3.63) is 52.6 Å². The molecule has 0 saturated heterocycles. The van der Waals surface area contributed by atoms with Crippen molar-refractivity contribution in [1.29, 1.82) is 0 Å². The van der Waals surface area contributed by atoms with Crippen LogP contribution in [0, 0.1) is 13.8 Å². The lowest BCUT2D eigenvalue weighted by molar-refractivity contribution is 0.382. The number of hydrogen-bond acceptors (Lipinski definition) is 3. The minimum Gasteiger partial charge on any atom is -0.504 e. The molecule has 0 aliphatic carbocycles. The third kappa shape index (κ3) is 3.24. The molecule has 0 bridgehead atoms. The molecule has 2 aromatic carbocycles. The number of rotatable bonds is 1. The Morgan fingerprint density at radius 3 is 2.48 bits per heavy atom. The Labute approximate surface area is 141 Å². The zero-order chi connectivity index (χ0) is 16.6. The normalized spacial score (nSPS) is 13.6. The molecule has 0 spiro atoms. The fourth-order valence-corrected chi connectivity index (χ4v) is 3.17. The van der Waals surface area contributed by atoms with Gasteiger partial charge in [-0.1, -0.05) is 17.7 Å². The summed E-state index contributed by atoms with van der Waals surface area (Å²) in [5.74, 6) is -0.146. The van der Waals surface area contributed by atoms with Gasteiger partial charge in [-0.25, -0.2) is 0 Å². The van der Waals surface area contributed by atoms with Crippen LogP contribution in [0.2, 0.25) is 0 Å². The van der Waals surface area contributed by atoms with Crippen LogP contribution in [0.15, 0.2) is 30.3 Å². The molecule has 1 aliphatic rings. The molecule has 0 atom stereocenters. The quantitative estimate of drug-likeness (QED) is 0.553. The van der Waals surface area contributed by atoms with Crippen molar-refractivity contribution in [1.82, 2.24) is 4.90 Å². The van der Waals surface area contributed by atoms with E-state index in [-0.39, 0.29) is 11.5 Å². The Balaban J connectivity index is 1.75. The number of fused-ring (bicyclic) bond motifs is 1. The van der Waals surface area contributed by atoms with E-state index in [1.165, 1.54) is 5.56 Å². The van der Waals surface area contributed by atoms with E-state index in [1.54, 1.807) is 12.1 Å². The average molecular weight is 328 g/mol. The van der Waals surface area contributed by atoms with Gasteiger partial charge in [-0.2, -0.15) is 0 Å². The first-order valence-electron chi connectivity index (χ1n) is 7.61. The van der Waals surface area contributed by atoms with E-state index < -0.39 is 0 Å². The number of aromatic hydroxyl groups is 2. The summed E-state index contributed by atoms with van der Waals surface area (Å²) in [6.45, 7) is 5.54. The number of anilines is 1. The largest absolute Gasteiger partial charge is 0.504 e. The highest BCUT2D eigenvalue weighted by atomic mass is 32.1. The zero-order valence-corrected chi connectivity index (χ0v) is 14.1. The molecule has 0 radical (unpaired) electrons. The minimum absolute atomic E-state index is 0.0619. The van der Waals surface area contributed by atoms with Gasteiger partial charge in [-0.3, -0.25) is 0 Å². The summed E-state index contributed by atoms with van der Waals surface area (Å²) in [5.41, 5.74) is 5.45. The number of phenolic OH excluding ortho intramolecular Hbond substituents is 2. The molecular weight excluding hydrogens is 308 g/mol. The lowest BCUT2D eigenvalue weighted by Crippen LogP contribution is -2.38. The molecule has 0 fully saturated rings. The minimum atomic E-state index is -0.0844. The molecular formula is C18H20N2O2S. The van der Waals surface area contributed by atoms with Crippen molar-refractivity contribution in [3.63, 3.8) is 0 Å². The Hall–Kier alpha value is -2.27. The van der Waals surface area contributed by atoms with Gasteiger partial charge < -0.3 is 20.4 Å². The second-order valence-corrected chi connectivity index (χ2v) is 6.42. The summed E-state index contributed by atoms with van der Waals surface area (Å²) in [6.07, 6.45) is 0.790. The van der Waals surface area contributed by atoms with Gasteiger partial charge in [0.05, 0.1) is 0 Å². The number of hydrogen-bond donors (Lipinski definition) is 3. The number of nitrogens with one attached hydrogen (secondary N) is 1. The third-order valence-corrected chi connectivity index (χ3v) is 4.58. The van der Waals surface area contributed by atoms with E-state index in [4.69, 9.17) is 12.2 Å². The predicted octanol–water partition coefficient (Wildman–Crippen LogP) is 3.47. The van der Waals surface area contributed by atoms with Crippen molar-refractivity contribution in [2.45, 2.75) is 26.8 Å². The van der Waals surface area contributed by atoms with Gasteiger partial charge in [-0.15, -0.1) is 0 Å². The van der Waals surface area contributed by atoms with Gasteiger partial charge >= 0.3 is 0 Å². The Morgan fingerprint density at radius 1 is 1.09 bits per heavy atom.